The molecule has 0 spiro atoms. The molecule has 30 aromatic rings. The third-order valence-electron chi connectivity index (χ3n) is 27.8. The van der Waals surface area contributed by atoms with Gasteiger partial charge in [0.05, 0.1) is 49.8 Å². The molecule has 0 aliphatic heterocycles. The largest absolute Gasteiger partial charge is 0.456 e. The summed E-state index contributed by atoms with van der Waals surface area (Å²) in [6.45, 7) is 4.71. The fraction of sp³-hybridized carbons (Fsp3) is 0.0248. The first-order valence-corrected chi connectivity index (χ1v) is 48.7. The topological polar surface area (TPSA) is 32.9 Å². The number of aromatic nitrogens is 4. The lowest BCUT2D eigenvalue weighted by Crippen LogP contribution is -2.15. The minimum atomic E-state index is -0.0144. The first kappa shape index (κ1) is 74.8. The Hall–Kier alpha value is -15.2. The smallest absolute Gasteiger partial charge is 0.135 e. The number of rotatable bonds is 4. The van der Waals surface area contributed by atoms with E-state index in [4.69, 9.17) is 4.42 Å². The van der Waals surface area contributed by atoms with Gasteiger partial charge in [0.15, 0.2) is 0 Å². The van der Waals surface area contributed by atoms with Gasteiger partial charge in [0.1, 0.15) is 11.2 Å². The molecule has 10 aromatic heterocycles. The van der Waals surface area contributed by atoms with Crippen LogP contribution in [0.5, 0.6) is 0 Å². The Balaban J connectivity index is 0.0000000877. The fourth-order valence-electron chi connectivity index (χ4n) is 21.8. The highest BCUT2D eigenvalue weighted by Crippen LogP contribution is 2.52. The summed E-state index contributed by atoms with van der Waals surface area (Å²) in [6, 6.07) is 151. The van der Waals surface area contributed by atoms with Crippen LogP contribution in [0.15, 0.2) is 417 Å². The number of nitrogens with zero attached hydrogens (tertiary/aromatic N) is 4. The quantitative estimate of drug-likeness (QED) is 0.173. The lowest BCUT2D eigenvalue weighted by Gasteiger charge is -2.22. The Morgan fingerprint density at radius 3 is 0.985 bits per heavy atom. The Labute approximate surface area is 770 Å². The number of fused-ring (bicyclic) bond motifs is 34. The zero-order valence-electron chi connectivity index (χ0n) is 71.0. The second kappa shape index (κ2) is 28.9. The highest BCUT2D eigenvalue weighted by atomic mass is 32.1. The van der Waals surface area contributed by atoms with Crippen molar-refractivity contribution in [2.75, 3.05) is 0 Å². The van der Waals surface area contributed by atoms with Crippen molar-refractivity contribution in [3.8, 4) is 33.9 Å². The molecule has 10 heterocycles. The van der Waals surface area contributed by atoms with Crippen LogP contribution in [0.4, 0.5) is 0 Å². The van der Waals surface area contributed by atoms with Gasteiger partial charge in [-0.25, -0.2) is 0 Å². The lowest BCUT2D eigenvalue weighted by atomic mass is 9.82. The van der Waals surface area contributed by atoms with E-state index in [1.54, 1.807) is 0 Å². The van der Waals surface area contributed by atoms with Gasteiger partial charge in [-0.3, -0.25) is 0 Å². The van der Waals surface area contributed by atoms with Gasteiger partial charge >= 0.3 is 0 Å². The van der Waals surface area contributed by atoms with Gasteiger partial charge in [-0.2, -0.15) is 0 Å². The van der Waals surface area contributed by atoms with Crippen molar-refractivity contribution in [3.63, 3.8) is 0 Å². The van der Waals surface area contributed by atoms with Crippen LogP contribution in [0.25, 0.3) is 255 Å². The highest BCUT2D eigenvalue weighted by molar-refractivity contribution is 7.27. The Morgan fingerprint density at radius 2 is 0.504 bits per heavy atom. The zero-order chi connectivity index (χ0) is 86.0. The molecule has 0 saturated carbocycles. The van der Waals surface area contributed by atoms with E-state index in [9.17, 15) is 0 Å². The SMILES string of the molecule is CC1(C)c2ccccc2-c2ccc(-n3c4ccccc4c4cc5c(cc43)sc3ccccc35)cc21.c1ccc2c(-n3c4ccccc4c4cc5c(cc43)sc3ccccc35)cccc2c1.c1ccc2c(c1)oc1ccc(-n3c4ccccc4c4cc5c(cc43)sc3ccccc35)cc12.c1ccc2c(c1)sc1cc(-n3c4ccccc4c4cc5c(cc43)sc3ccccc35)ccc12. The molecule has 1 aliphatic rings. The van der Waals surface area contributed by atoms with E-state index in [2.05, 4.69) is 432 Å². The Kier molecular flexibility index (Phi) is 16.5. The van der Waals surface area contributed by atoms with Gasteiger partial charge in [0.25, 0.3) is 0 Å². The minimum absolute atomic E-state index is 0.0144. The van der Waals surface area contributed by atoms with Gasteiger partial charge in [-0.05, 0) is 185 Å². The van der Waals surface area contributed by atoms with Crippen molar-refractivity contribution >= 4 is 277 Å². The first-order valence-electron chi connectivity index (χ1n) is 44.6. The van der Waals surface area contributed by atoms with Crippen LogP contribution in [0.2, 0.25) is 0 Å². The molecule has 10 heteroatoms. The van der Waals surface area contributed by atoms with Crippen molar-refractivity contribution in [1.29, 1.82) is 0 Å². The summed E-state index contributed by atoms with van der Waals surface area (Å²) in [7, 11) is 0. The maximum atomic E-state index is 6.08. The van der Waals surface area contributed by atoms with Crippen LogP contribution in [-0.4, -0.2) is 18.3 Å². The number of hydrogen-bond donors (Lipinski definition) is 0. The Bertz CT molecular complexity index is 10100. The first-order chi connectivity index (χ1) is 64.7. The van der Waals surface area contributed by atoms with E-state index in [0.717, 1.165) is 27.6 Å². The van der Waals surface area contributed by atoms with Gasteiger partial charge < -0.3 is 22.7 Å². The van der Waals surface area contributed by atoms with E-state index in [0.29, 0.717) is 0 Å². The van der Waals surface area contributed by atoms with Crippen molar-refractivity contribution in [2.24, 2.45) is 0 Å². The molecule has 0 atom stereocenters. The van der Waals surface area contributed by atoms with E-state index < -0.39 is 0 Å². The van der Waals surface area contributed by atoms with Crippen molar-refractivity contribution < 1.29 is 4.42 Å². The summed E-state index contributed by atoms with van der Waals surface area (Å²) in [5.74, 6) is 0. The average molecular weight is 1760 g/mol. The van der Waals surface area contributed by atoms with Gasteiger partial charge in [-0.15, -0.1) is 56.7 Å². The predicted molar refractivity (Wildman–Crippen MR) is 570 cm³/mol. The summed E-state index contributed by atoms with van der Waals surface area (Å²) in [6.07, 6.45) is 0. The number of hydrogen-bond acceptors (Lipinski definition) is 6. The molecule has 20 aromatic carbocycles. The van der Waals surface area contributed by atoms with Crippen LogP contribution in [0.3, 0.4) is 0 Å². The van der Waals surface area contributed by atoms with Crippen LogP contribution in [0, 0.1) is 0 Å². The predicted octanol–water partition coefficient (Wildman–Crippen LogP) is 36.3. The maximum Gasteiger partial charge on any atom is 0.135 e. The number of benzene rings is 20. The molecule has 0 fully saturated rings. The van der Waals surface area contributed by atoms with Crippen LogP contribution < -0.4 is 0 Å². The summed E-state index contributed by atoms with van der Waals surface area (Å²) < 4.78 is 29.2. The van der Waals surface area contributed by atoms with Crippen LogP contribution in [-0.2, 0) is 5.41 Å². The highest BCUT2D eigenvalue weighted by Gasteiger charge is 2.36. The van der Waals surface area contributed by atoms with Crippen molar-refractivity contribution in [1.82, 2.24) is 18.3 Å². The molecule has 31 rings (SSSR count). The average Bonchev–Trinajstić information content (AvgIpc) is 1.57. The molecule has 0 bridgehead atoms. The molecular formula is C121H74N4OS5. The molecule has 5 nitrogen and oxygen atoms in total. The third-order valence-corrected chi connectivity index (χ3v) is 33.4. The minimum Gasteiger partial charge on any atom is -0.456 e. The van der Waals surface area contributed by atoms with Crippen molar-refractivity contribution in [2.45, 2.75) is 19.3 Å². The summed E-state index contributed by atoms with van der Waals surface area (Å²) in [5.41, 5.74) is 22.3. The third kappa shape index (κ3) is 11.4. The van der Waals surface area contributed by atoms with E-state index in [1.807, 2.05) is 68.8 Å². The summed E-state index contributed by atoms with van der Waals surface area (Å²) in [4.78, 5) is 0. The molecule has 614 valence electrons. The van der Waals surface area contributed by atoms with Crippen molar-refractivity contribution in [3.05, 3.63) is 424 Å². The molecular weight excluding hydrogens is 1690 g/mol. The van der Waals surface area contributed by atoms with Crippen LogP contribution >= 0.6 is 56.7 Å². The van der Waals surface area contributed by atoms with Gasteiger partial charge in [-0.1, -0.05) is 269 Å². The second-order valence-corrected chi connectivity index (χ2v) is 40.6. The molecule has 0 saturated heterocycles. The van der Waals surface area contributed by atoms with Gasteiger partial charge in [0, 0.05) is 183 Å². The van der Waals surface area contributed by atoms with Crippen LogP contribution in [0.1, 0.15) is 25.0 Å². The molecule has 0 amide bonds. The number of furan rings is 1. The zero-order valence-corrected chi connectivity index (χ0v) is 75.1. The summed E-state index contributed by atoms with van der Waals surface area (Å²) in [5, 5.41) is 28.8. The number of thiophene rings is 5. The van der Waals surface area contributed by atoms with Gasteiger partial charge in [0.2, 0.25) is 0 Å². The Morgan fingerprint density at radius 1 is 0.183 bits per heavy atom. The molecule has 0 unspecified atom stereocenters. The molecule has 131 heavy (non-hydrogen) atoms. The lowest BCUT2D eigenvalue weighted by molar-refractivity contribution is 0.660. The van der Waals surface area contributed by atoms with E-state index in [-0.39, 0.29) is 5.41 Å². The second-order valence-electron chi connectivity index (χ2n) is 35.2. The molecule has 0 N–H and O–H groups in total. The molecule has 0 radical (unpaired) electrons. The monoisotopic (exact) mass is 1760 g/mol. The summed E-state index contributed by atoms with van der Waals surface area (Å²) >= 11 is 9.40. The molecule has 1 aliphatic carbocycles. The standard InChI is InChI=1S/C33H23NS.C30H17NOS.C30H17NS2.C28H17NS/c1-33(2)27-12-6-3-9-21(27)22-16-15-20(17-28(22)33)34-29-13-7-4-10-23(29)25-18-26-24-11-5-8-14-31(24)35-32(26)19-30(25)34;1-4-10-25-19(7-1)22-16-24-21-9-3-6-12-29(21)33-30(24)17-26(22)31(25)18-13-14-28-23(15-18)20-8-2-5-11-27(20)32-28;1-4-10-25-19(7-1)23-16-24-21-9-3-6-12-28(21)33-30(24)17-26(23)31(25)18-13-14-22-20-8-2-5-11-27(20)32-29(22)15-18;1-2-10-19-18(8-1)9-7-14-24(19)29-25-13-5-3-11-20(25)22-16-23-21-12-4-6-15-27(21)30-28(23)17-26(22)29/h3-19H,1-2H3;2*1-17H;1-17H. The normalized spacial score (nSPS) is 12.7. The van der Waals surface area contributed by atoms with E-state index in [1.165, 1.54) is 238 Å². The maximum absolute atomic E-state index is 6.08. The fourth-order valence-corrected chi connectivity index (χ4v) is 27.4. The van der Waals surface area contributed by atoms with E-state index >= 15 is 0 Å². The number of para-hydroxylation sites is 5.